The molecule has 0 amide bonds. The molecule has 0 saturated carbocycles. The van der Waals surface area contributed by atoms with Gasteiger partial charge in [-0.1, -0.05) is 48.5 Å². The predicted octanol–water partition coefficient (Wildman–Crippen LogP) is 5.05. The van der Waals surface area contributed by atoms with Gasteiger partial charge in [-0.15, -0.1) is 0 Å². The Bertz CT molecular complexity index is 931. The minimum atomic E-state index is -3.14. The third-order valence-corrected chi connectivity index (χ3v) is 8.25. The predicted molar refractivity (Wildman–Crippen MR) is 118 cm³/mol. The minimum absolute atomic E-state index is 0.692. The third kappa shape index (κ3) is 4.25. The molecule has 1 heterocycles. The van der Waals surface area contributed by atoms with Gasteiger partial charge < -0.3 is 14.2 Å². The van der Waals surface area contributed by atoms with Crippen molar-refractivity contribution < 1.29 is 13.8 Å². The molecule has 29 heavy (non-hydrogen) atoms. The second-order valence-electron chi connectivity index (χ2n) is 7.40. The van der Waals surface area contributed by atoms with Gasteiger partial charge in [-0.2, -0.15) is 0 Å². The van der Waals surface area contributed by atoms with Crippen LogP contribution in [0.25, 0.3) is 6.08 Å². The number of morpholine rings is 1. The molecule has 1 aliphatic carbocycles. The van der Waals surface area contributed by atoms with Gasteiger partial charge in [0.25, 0.3) is 7.37 Å². The Morgan fingerprint density at radius 1 is 0.966 bits per heavy atom. The van der Waals surface area contributed by atoms with Crippen molar-refractivity contribution in [2.24, 2.45) is 0 Å². The lowest BCUT2D eigenvalue weighted by Crippen LogP contribution is -2.37. The van der Waals surface area contributed by atoms with Gasteiger partial charge >= 0.3 is 0 Å². The lowest BCUT2D eigenvalue weighted by atomic mass is 9.94. The SMILES string of the molecule is COP(=O)(C1=C(N2CCOCC2)/C(=C/c2ccccc2)CCC1)c1ccccc1. The van der Waals surface area contributed by atoms with Crippen molar-refractivity contribution in [2.75, 3.05) is 33.4 Å². The van der Waals surface area contributed by atoms with Crippen molar-refractivity contribution in [3.63, 3.8) is 0 Å². The summed E-state index contributed by atoms with van der Waals surface area (Å²) < 4.78 is 25.6. The molecule has 2 aromatic rings. The average molecular weight is 409 g/mol. The summed E-state index contributed by atoms with van der Waals surface area (Å²) in [6.45, 7) is 3.00. The van der Waals surface area contributed by atoms with Gasteiger partial charge in [-0.05, 0) is 48.6 Å². The van der Waals surface area contributed by atoms with Gasteiger partial charge in [-0.3, -0.25) is 4.57 Å². The van der Waals surface area contributed by atoms with E-state index in [1.54, 1.807) is 7.11 Å². The fourth-order valence-corrected chi connectivity index (χ4v) is 6.54. The fraction of sp³-hybridized carbons (Fsp3) is 0.333. The van der Waals surface area contributed by atoms with Gasteiger partial charge in [0.15, 0.2) is 0 Å². The van der Waals surface area contributed by atoms with Crippen LogP contribution in [0.15, 0.2) is 77.2 Å². The molecule has 1 atom stereocenters. The number of nitrogens with zero attached hydrogens (tertiary/aromatic N) is 1. The first-order valence-electron chi connectivity index (χ1n) is 10.3. The van der Waals surface area contributed by atoms with E-state index in [0.717, 1.165) is 48.7 Å². The molecular formula is C24H28NO3P. The molecule has 0 N–H and O–H groups in total. The zero-order chi connectivity index (χ0) is 20.1. The number of benzene rings is 2. The summed E-state index contributed by atoms with van der Waals surface area (Å²) in [5.41, 5.74) is 3.52. The molecule has 1 fully saturated rings. The Labute approximate surface area is 173 Å². The molecule has 152 valence electrons. The lowest BCUT2D eigenvalue weighted by molar-refractivity contribution is 0.0539. The number of rotatable bonds is 5. The number of hydrogen-bond donors (Lipinski definition) is 0. The van der Waals surface area contributed by atoms with Crippen LogP contribution in [0.3, 0.4) is 0 Å². The summed E-state index contributed by atoms with van der Waals surface area (Å²) in [6.07, 6.45) is 4.99. The van der Waals surface area contributed by atoms with Gasteiger partial charge in [0.05, 0.1) is 13.2 Å². The van der Waals surface area contributed by atoms with E-state index in [0.29, 0.717) is 13.2 Å². The molecule has 0 aromatic heterocycles. The molecule has 2 aromatic carbocycles. The van der Waals surface area contributed by atoms with E-state index in [2.05, 4.69) is 35.2 Å². The van der Waals surface area contributed by atoms with Crippen LogP contribution in [-0.2, 0) is 13.8 Å². The summed E-state index contributed by atoms with van der Waals surface area (Å²) in [5, 5.41) is 1.71. The number of hydrogen-bond acceptors (Lipinski definition) is 4. The molecule has 4 rings (SSSR count). The zero-order valence-corrected chi connectivity index (χ0v) is 17.8. The van der Waals surface area contributed by atoms with Gasteiger partial charge in [0, 0.05) is 36.5 Å². The summed E-state index contributed by atoms with van der Waals surface area (Å²) in [4.78, 5) is 2.35. The molecule has 0 spiro atoms. The quantitative estimate of drug-likeness (QED) is 0.648. The van der Waals surface area contributed by atoms with Crippen molar-refractivity contribution >= 4 is 18.7 Å². The molecule has 1 saturated heterocycles. The van der Waals surface area contributed by atoms with Crippen LogP contribution in [0.2, 0.25) is 0 Å². The van der Waals surface area contributed by atoms with Crippen LogP contribution in [0.4, 0.5) is 0 Å². The molecular weight excluding hydrogens is 381 g/mol. The van der Waals surface area contributed by atoms with Crippen LogP contribution >= 0.6 is 7.37 Å². The Hall–Kier alpha value is -2.13. The van der Waals surface area contributed by atoms with Crippen molar-refractivity contribution in [1.29, 1.82) is 0 Å². The Balaban J connectivity index is 1.88. The normalized spacial score (nSPS) is 21.3. The first kappa shape index (κ1) is 20.2. The maximum absolute atomic E-state index is 14.2. The second-order valence-corrected chi connectivity index (χ2v) is 9.92. The van der Waals surface area contributed by atoms with E-state index >= 15 is 0 Å². The van der Waals surface area contributed by atoms with Gasteiger partial charge in [0.1, 0.15) is 0 Å². The maximum Gasteiger partial charge on any atom is 0.259 e. The molecule has 2 aliphatic rings. The van der Waals surface area contributed by atoms with Crippen molar-refractivity contribution in [1.82, 2.24) is 4.90 Å². The first-order valence-corrected chi connectivity index (χ1v) is 11.9. The van der Waals surface area contributed by atoms with Crippen molar-refractivity contribution in [3.05, 3.63) is 82.8 Å². The second kappa shape index (κ2) is 9.13. The van der Waals surface area contributed by atoms with Crippen LogP contribution in [0, 0.1) is 0 Å². The van der Waals surface area contributed by atoms with Crippen molar-refractivity contribution in [3.8, 4) is 0 Å². The van der Waals surface area contributed by atoms with E-state index in [9.17, 15) is 4.57 Å². The summed E-state index contributed by atoms with van der Waals surface area (Å²) in [7, 11) is -1.56. The minimum Gasteiger partial charge on any atom is -0.378 e. The molecule has 1 unspecified atom stereocenters. The molecule has 4 nitrogen and oxygen atoms in total. The number of ether oxygens (including phenoxy) is 1. The highest BCUT2D eigenvalue weighted by Crippen LogP contribution is 2.59. The van der Waals surface area contributed by atoms with Crippen molar-refractivity contribution in [2.45, 2.75) is 19.3 Å². The first-order chi connectivity index (χ1) is 14.2. The molecule has 5 heteroatoms. The van der Waals surface area contributed by atoms with E-state index in [1.165, 1.54) is 11.1 Å². The largest absolute Gasteiger partial charge is 0.378 e. The van der Waals surface area contributed by atoms with Gasteiger partial charge in [-0.25, -0.2) is 0 Å². The van der Waals surface area contributed by atoms with Gasteiger partial charge in [0.2, 0.25) is 0 Å². The highest BCUT2D eigenvalue weighted by atomic mass is 31.2. The van der Waals surface area contributed by atoms with E-state index in [1.807, 2.05) is 36.4 Å². The van der Waals surface area contributed by atoms with Crippen LogP contribution in [0.5, 0.6) is 0 Å². The van der Waals surface area contributed by atoms with E-state index in [-0.39, 0.29) is 0 Å². The topological polar surface area (TPSA) is 38.8 Å². The Kier molecular flexibility index (Phi) is 6.34. The van der Waals surface area contributed by atoms with Crippen LogP contribution in [0.1, 0.15) is 24.8 Å². The van der Waals surface area contributed by atoms with E-state index in [4.69, 9.17) is 9.26 Å². The maximum atomic E-state index is 14.2. The summed E-state index contributed by atoms with van der Waals surface area (Å²) in [6, 6.07) is 20.0. The monoisotopic (exact) mass is 409 g/mol. The molecule has 0 bridgehead atoms. The fourth-order valence-electron chi connectivity index (χ4n) is 4.21. The lowest BCUT2D eigenvalue weighted by Gasteiger charge is -2.38. The highest BCUT2D eigenvalue weighted by molar-refractivity contribution is 7.71. The molecule has 0 radical (unpaired) electrons. The van der Waals surface area contributed by atoms with E-state index < -0.39 is 7.37 Å². The summed E-state index contributed by atoms with van der Waals surface area (Å²) >= 11 is 0. The third-order valence-electron chi connectivity index (χ3n) is 5.61. The highest BCUT2D eigenvalue weighted by Gasteiger charge is 2.37. The Morgan fingerprint density at radius 2 is 1.62 bits per heavy atom. The molecule has 1 aliphatic heterocycles. The standard InChI is InChI=1S/C24H28NO3P/c1-27-29(26,22-12-6-3-7-13-22)23-14-8-11-21(19-20-9-4-2-5-10-20)24(23)25-15-17-28-18-16-25/h2-7,9-10,12-13,19H,8,11,14-18H2,1H3/b21-19+. The van der Waals surface area contributed by atoms with Crippen LogP contribution in [-0.4, -0.2) is 38.3 Å². The van der Waals surface area contributed by atoms with Crippen LogP contribution < -0.4 is 5.30 Å². The summed E-state index contributed by atoms with van der Waals surface area (Å²) in [5.74, 6) is 0. The Morgan fingerprint density at radius 3 is 2.28 bits per heavy atom. The smallest absolute Gasteiger partial charge is 0.259 e. The average Bonchev–Trinajstić information content (AvgIpc) is 2.80. The zero-order valence-electron chi connectivity index (χ0n) is 16.9. The number of allylic oxidation sites excluding steroid dienone is 2.